The van der Waals surface area contributed by atoms with Crippen LogP contribution in [0.3, 0.4) is 0 Å². The van der Waals surface area contributed by atoms with Gasteiger partial charge in [-0.15, -0.1) is 0 Å². The summed E-state index contributed by atoms with van der Waals surface area (Å²) in [5.74, 6) is 0.551. The predicted octanol–water partition coefficient (Wildman–Crippen LogP) is 4.20. The minimum atomic E-state index is 0.194. The Bertz CT molecular complexity index is 510. The molecular formula is C18H28N2. The van der Waals surface area contributed by atoms with Crippen molar-refractivity contribution in [1.29, 1.82) is 0 Å². The molecule has 1 fully saturated rings. The molecule has 0 aromatic rings. The fraction of sp³-hybridized carbons (Fsp3) is 0.556. The van der Waals surface area contributed by atoms with Crippen LogP contribution in [0.25, 0.3) is 0 Å². The summed E-state index contributed by atoms with van der Waals surface area (Å²) in [6, 6.07) is 0. The number of likely N-dealkylation sites (N-methyl/N-ethyl adjacent to an activating group) is 1. The Morgan fingerprint density at radius 1 is 1.25 bits per heavy atom. The SMILES string of the molecule is CC1=C(C(C)C)/C=C/C=C2C(=C1)NC(C(C)(C)C)N2C. The zero-order valence-corrected chi connectivity index (χ0v) is 13.9. The minimum absolute atomic E-state index is 0.194. The lowest BCUT2D eigenvalue weighted by Crippen LogP contribution is -2.43. The van der Waals surface area contributed by atoms with E-state index in [9.17, 15) is 0 Å². The molecule has 0 amide bonds. The van der Waals surface area contributed by atoms with E-state index < -0.39 is 0 Å². The lowest BCUT2D eigenvalue weighted by atomic mass is 9.92. The van der Waals surface area contributed by atoms with Crippen LogP contribution in [0.2, 0.25) is 0 Å². The Hall–Kier alpha value is -1.44. The highest BCUT2D eigenvalue weighted by Gasteiger charge is 2.36. The Kier molecular flexibility index (Phi) is 3.86. The van der Waals surface area contributed by atoms with E-state index in [1.54, 1.807) is 0 Å². The molecule has 1 saturated heterocycles. The van der Waals surface area contributed by atoms with E-state index in [0.29, 0.717) is 12.1 Å². The smallest absolute Gasteiger partial charge is 0.104 e. The Balaban J connectivity index is 2.44. The summed E-state index contributed by atoms with van der Waals surface area (Å²) in [4.78, 5) is 2.35. The van der Waals surface area contributed by atoms with Gasteiger partial charge >= 0.3 is 0 Å². The molecule has 0 aromatic carbocycles. The van der Waals surface area contributed by atoms with E-state index >= 15 is 0 Å². The summed E-state index contributed by atoms with van der Waals surface area (Å²) in [6.07, 6.45) is 9.29. The van der Waals surface area contributed by atoms with Crippen molar-refractivity contribution < 1.29 is 0 Å². The molecule has 0 spiro atoms. The second kappa shape index (κ2) is 5.16. The number of nitrogens with zero attached hydrogens (tertiary/aromatic N) is 1. The van der Waals surface area contributed by atoms with Crippen LogP contribution in [0.5, 0.6) is 0 Å². The van der Waals surface area contributed by atoms with Gasteiger partial charge in [-0.1, -0.05) is 46.8 Å². The number of rotatable bonds is 1. The molecule has 1 unspecified atom stereocenters. The monoisotopic (exact) mass is 272 g/mol. The molecule has 2 nitrogen and oxygen atoms in total. The summed E-state index contributed by atoms with van der Waals surface area (Å²) in [7, 11) is 2.17. The Morgan fingerprint density at radius 2 is 1.90 bits per heavy atom. The highest BCUT2D eigenvalue weighted by Crippen LogP contribution is 2.34. The van der Waals surface area contributed by atoms with Gasteiger partial charge in [-0.3, -0.25) is 0 Å². The second-order valence-corrected chi connectivity index (χ2v) is 7.29. The summed E-state index contributed by atoms with van der Waals surface area (Å²) >= 11 is 0. The molecule has 2 heteroatoms. The fourth-order valence-corrected chi connectivity index (χ4v) is 3.09. The van der Waals surface area contributed by atoms with Crippen molar-refractivity contribution in [2.45, 2.75) is 47.7 Å². The van der Waals surface area contributed by atoms with Crippen molar-refractivity contribution in [3.8, 4) is 0 Å². The summed E-state index contributed by atoms with van der Waals surface area (Å²) < 4.78 is 0. The molecule has 1 heterocycles. The molecule has 1 N–H and O–H groups in total. The first kappa shape index (κ1) is 15.0. The Morgan fingerprint density at radius 3 is 2.45 bits per heavy atom. The minimum Gasteiger partial charge on any atom is -0.363 e. The maximum Gasteiger partial charge on any atom is 0.104 e. The largest absolute Gasteiger partial charge is 0.363 e. The standard InChI is InChI=1S/C18H28N2/c1-12(2)14-9-8-10-16-15(11-13(14)3)19-17(20(16)7)18(4,5)6/h8-12,17,19H,1-7H3/b9-8+,10-8?,13-11?,14-9?,14-13?,15-11?,16-10?. The van der Waals surface area contributed by atoms with Crippen LogP contribution in [0.1, 0.15) is 41.5 Å². The highest BCUT2D eigenvalue weighted by atomic mass is 15.3. The third kappa shape index (κ3) is 2.70. The average molecular weight is 272 g/mol. The van der Waals surface area contributed by atoms with Crippen LogP contribution >= 0.6 is 0 Å². The van der Waals surface area contributed by atoms with Gasteiger partial charge in [0.05, 0.1) is 11.4 Å². The van der Waals surface area contributed by atoms with Crippen LogP contribution in [0, 0.1) is 11.3 Å². The number of hydrogen-bond acceptors (Lipinski definition) is 2. The van der Waals surface area contributed by atoms with Crippen molar-refractivity contribution in [3.63, 3.8) is 0 Å². The first-order valence-corrected chi connectivity index (χ1v) is 7.52. The number of hydrogen-bond donors (Lipinski definition) is 1. The normalized spacial score (nSPS) is 24.8. The van der Waals surface area contributed by atoms with E-state index in [0.717, 1.165) is 0 Å². The molecule has 0 bridgehead atoms. The lowest BCUT2D eigenvalue weighted by Gasteiger charge is -2.33. The van der Waals surface area contributed by atoms with Crippen molar-refractivity contribution in [2.24, 2.45) is 11.3 Å². The van der Waals surface area contributed by atoms with Crippen LogP contribution in [-0.4, -0.2) is 18.1 Å². The lowest BCUT2D eigenvalue weighted by molar-refractivity contribution is 0.169. The van der Waals surface area contributed by atoms with E-state index in [2.05, 4.69) is 83.1 Å². The van der Waals surface area contributed by atoms with Gasteiger partial charge in [0, 0.05) is 12.5 Å². The third-order valence-corrected chi connectivity index (χ3v) is 4.12. The number of fused-ring (bicyclic) bond motifs is 1. The fourth-order valence-electron chi connectivity index (χ4n) is 3.09. The van der Waals surface area contributed by atoms with E-state index in [1.807, 2.05) is 0 Å². The van der Waals surface area contributed by atoms with Gasteiger partial charge < -0.3 is 10.2 Å². The molecular weight excluding hydrogens is 244 g/mol. The zero-order chi connectivity index (χ0) is 15.1. The summed E-state index contributed by atoms with van der Waals surface area (Å²) in [5.41, 5.74) is 5.49. The molecule has 1 aliphatic heterocycles. The van der Waals surface area contributed by atoms with Crippen molar-refractivity contribution >= 4 is 0 Å². The number of nitrogens with one attached hydrogen (secondary N) is 1. The average Bonchev–Trinajstić information content (AvgIpc) is 2.58. The molecule has 1 atom stereocenters. The van der Waals surface area contributed by atoms with E-state index in [1.165, 1.54) is 22.5 Å². The molecule has 0 aromatic heterocycles. The van der Waals surface area contributed by atoms with Crippen LogP contribution in [0.15, 0.2) is 46.8 Å². The van der Waals surface area contributed by atoms with Crippen LogP contribution < -0.4 is 5.32 Å². The molecule has 0 radical (unpaired) electrons. The van der Waals surface area contributed by atoms with Crippen LogP contribution in [0.4, 0.5) is 0 Å². The van der Waals surface area contributed by atoms with Gasteiger partial charge in [0.25, 0.3) is 0 Å². The van der Waals surface area contributed by atoms with Gasteiger partial charge in [0.1, 0.15) is 6.17 Å². The third-order valence-electron chi connectivity index (χ3n) is 4.12. The van der Waals surface area contributed by atoms with Crippen molar-refractivity contribution in [1.82, 2.24) is 10.2 Å². The van der Waals surface area contributed by atoms with Gasteiger partial charge in [-0.2, -0.15) is 0 Å². The topological polar surface area (TPSA) is 15.3 Å². The highest BCUT2D eigenvalue weighted by molar-refractivity contribution is 5.47. The van der Waals surface area contributed by atoms with Crippen LogP contribution in [-0.2, 0) is 0 Å². The van der Waals surface area contributed by atoms with Gasteiger partial charge in [0.2, 0.25) is 0 Å². The molecule has 0 saturated carbocycles. The molecule has 2 aliphatic rings. The van der Waals surface area contributed by atoms with E-state index in [-0.39, 0.29) is 5.41 Å². The molecule has 20 heavy (non-hydrogen) atoms. The van der Waals surface area contributed by atoms with E-state index in [4.69, 9.17) is 0 Å². The Labute approximate surface area is 123 Å². The van der Waals surface area contributed by atoms with Crippen molar-refractivity contribution in [3.05, 3.63) is 46.8 Å². The number of allylic oxidation sites excluding steroid dienone is 6. The molecule has 2 rings (SSSR count). The maximum absolute atomic E-state index is 3.69. The molecule has 1 aliphatic carbocycles. The van der Waals surface area contributed by atoms with Gasteiger partial charge in [0.15, 0.2) is 0 Å². The zero-order valence-electron chi connectivity index (χ0n) is 13.9. The second-order valence-electron chi connectivity index (χ2n) is 7.29. The van der Waals surface area contributed by atoms with Gasteiger partial charge in [-0.05, 0) is 36.1 Å². The quantitative estimate of drug-likeness (QED) is 0.769. The predicted molar refractivity (Wildman–Crippen MR) is 87.0 cm³/mol. The summed E-state index contributed by atoms with van der Waals surface area (Å²) in [6.45, 7) is 13.5. The first-order valence-electron chi connectivity index (χ1n) is 7.52. The van der Waals surface area contributed by atoms with Crippen molar-refractivity contribution in [2.75, 3.05) is 7.05 Å². The first-order chi connectivity index (χ1) is 9.21. The van der Waals surface area contributed by atoms with Gasteiger partial charge in [-0.25, -0.2) is 0 Å². The summed E-state index contributed by atoms with van der Waals surface area (Å²) in [5, 5.41) is 3.69. The molecule has 110 valence electrons. The maximum atomic E-state index is 3.69.